The van der Waals surface area contributed by atoms with Gasteiger partial charge in [0.1, 0.15) is 17.4 Å². The summed E-state index contributed by atoms with van der Waals surface area (Å²) in [6.07, 6.45) is 9.49. The SMILES string of the molecule is CC(C)(C)Cn1cc(-c2ccc(C#N)nc2-c2ccn3ccnc3c2)cn1. The van der Waals surface area contributed by atoms with Crippen molar-refractivity contribution in [2.24, 2.45) is 5.41 Å². The molecule has 0 N–H and O–H groups in total. The van der Waals surface area contributed by atoms with Gasteiger partial charge in [0, 0.05) is 48.0 Å². The molecule has 0 spiro atoms. The summed E-state index contributed by atoms with van der Waals surface area (Å²) in [6.45, 7) is 7.38. The Morgan fingerprint density at radius 1 is 1.11 bits per heavy atom. The van der Waals surface area contributed by atoms with Gasteiger partial charge in [0.25, 0.3) is 0 Å². The van der Waals surface area contributed by atoms with E-state index in [0.29, 0.717) is 5.69 Å². The Morgan fingerprint density at radius 2 is 1.96 bits per heavy atom. The number of rotatable bonds is 3. The van der Waals surface area contributed by atoms with Gasteiger partial charge in [-0.05, 0) is 29.7 Å². The van der Waals surface area contributed by atoms with E-state index in [1.165, 1.54) is 0 Å². The lowest BCUT2D eigenvalue weighted by atomic mass is 9.97. The number of imidazole rings is 1. The molecule has 6 nitrogen and oxygen atoms in total. The average Bonchev–Trinajstić information content (AvgIpc) is 3.28. The molecule has 0 unspecified atom stereocenters. The molecule has 0 aromatic carbocycles. The zero-order valence-corrected chi connectivity index (χ0v) is 15.6. The van der Waals surface area contributed by atoms with E-state index in [0.717, 1.165) is 34.6 Å². The van der Waals surface area contributed by atoms with Crippen LogP contribution in [0.15, 0.2) is 55.2 Å². The molecule has 0 aliphatic carbocycles. The molecular weight excluding hydrogens is 336 g/mol. The molecule has 0 atom stereocenters. The van der Waals surface area contributed by atoms with Crippen LogP contribution in [-0.4, -0.2) is 24.1 Å². The average molecular weight is 356 g/mol. The van der Waals surface area contributed by atoms with Crippen LogP contribution in [0.3, 0.4) is 0 Å². The molecule has 4 heterocycles. The summed E-state index contributed by atoms with van der Waals surface area (Å²) < 4.78 is 3.90. The highest BCUT2D eigenvalue weighted by molar-refractivity contribution is 5.81. The zero-order valence-electron chi connectivity index (χ0n) is 15.6. The van der Waals surface area contributed by atoms with E-state index < -0.39 is 0 Å². The van der Waals surface area contributed by atoms with E-state index in [1.807, 2.05) is 52.1 Å². The van der Waals surface area contributed by atoms with Crippen molar-refractivity contribution in [3.05, 3.63) is 60.9 Å². The Kier molecular flexibility index (Phi) is 4.00. The third kappa shape index (κ3) is 3.44. The molecule has 4 rings (SSSR count). The topological polar surface area (TPSA) is 71.8 Å². The molecule has 0 aliphatic rings. The first-order chi connectivity index (χ1) is 12.9. The Hall–Kier alpha value is -3.46. The zero-order chi connectivity index (χ0) is 19.0. The number of aromatic nitrogens is 5. The van der Waals surface area contributed by atoms with Gasteiger partial charge >= 0.3 is 0 Å². The second-order valence-electron chi connectivity index (χ2n) is 7.80. The van der Waals surface area contributed by atoms with Gasteiger partial charge in [-0.3, -0.25) is 4.68 Å². The first-order valence-electron chi connectivity index (χ1n) is 8.80. The van der Waals surface area contributed by atoms with Crippen LogP contribution in [0.4, 0.5) is 0 Å². The third-order valence-electron chi connectivity index (χ3n) is 4.26. The van der Waals surface area contributed by atoms with Crippen LogP contribution in [0.1, 0.15) is 26.5 Å². The lowest BCUT2D eigenvalue weighted by Crippen LogP contribution is -2.15. The molecule has 134 valence electrons. The summed E-state index contributed by atoms with van der Waals surface area (Å²) in [7, 11) is 0. The number of nitriles is 1. The van der Waals surface area contributed by atoms with Crippen LogP contribution in [0.2, 0.25) is 0 Å². The van der Waals surface area contributed by atoms with E-state index in [4.69, 9.17) is 0 Å². The van der Waals surface area contributed by atoms with Gasteiger partial charge in [-0.15, -0.1) is 0 Å². The number of pyridine rings is 2. The van der Waals surface area contributed by atoms with E-state index in [9.17, 15) is 5.26 Å². The third-order valence-corrected chi connectivity index (χ3v) is 4.26. The van der Waals surface area contributed by atoms with Crippen LogP contribution in [0, 0.1) is 16.7 Å². The Balaban J connectivity index is 1.83. The predicted molar refractivity (Wildman–Crippen MR) is 104 cm³/mol. The van der Waals surface area contributed by atoms with Crippen LogP contribution in [-0.2, 0) is 6.54 Å². The fourth-order valence-corrected chi connectivity index (χ4v) is 3.11. The molecular formula is C21H20N6. The molecule has 0 aliphatic heterocycles. The second kappa shape index (κ2) is 6.36. The minimum atomic E-state index is 0.140. The summed E-state index contributed by atoms with van der Waals surface area (Å²) in [5, 5.41) is 13.8. The van der Waals surface area contributed by atoms with Crippen molar-refractivity contribution >= 4 is 5.65 Å². The smallest absolute Gasteiger partial charge is 0.141 e. The van der Waals surface area contributed by atoms with Crippen LogP contribution in [0.25, 0.3) is 28.0 Å². The lowest BCUT2D eigenvalue weighted by molar-refractivity contribution is 0.325. The Labute approximate surface area is 157 Å². The largest absolute Gasteiger partial charge is 0.307 e. The Bertz CT molecular complexity index is 1150. The molecule has 0 radical (unpaired) electrons. The van der Waals surface area contributed by atoms with Gasteiger partial charge in [0.05, 0.1) is 11.9 Å². The maximum absolute atomic E-state index is 9.30. The molecule has 0 saturated heterocycles. The first kappa shape index (κ1) is 17.0. The van der Waals surface area contributed by atoms with Gasteiger partial charge in [-0.1, -0.05) is 20.8 Å². The predicted octanol–water partition coefficient (Wildman–Crippen LogP) is 4.18. The normalized spacial score (nSPS) is 11.6. The van der Waals surface area contributed by atoms with Gasteiger partial charge in [-0.2, -0.15) is 10.4 Å². The molecule has 0 bridgehead atoms. The van der Waals surface area contributed by atoms with Crippen molar-refractivity contribution in [2.45, 2.75) is 27.3 Å². The van der Waals surface area contributed by atoms with E-state index in [1.54, 1.807) is 12.3 Å². The lowest BCUT2D eigenvalue weighted by Gasteiger charge is -2.17. The van der Waals surface area contributed by atoms with Crippen LogP contribution in [0.5, 0.6) is 0 Å². The second-order valence-corrected chi connectivity index (χ2v) is 7.80. The minimum absolute atomic E-state index is 0.140. The number of fused-ring (bicyclic) bond motifs is 1. The molecule has 27 heavy (non-hydrogen) atoms. The molecule has 0 fully saturated rings. The maximum Gasteiger partial charge on any atom is 0.141 e. The number of hydrogen-bond donors (Lipinski definition) is 0. The highest BCUT2D eigenvalue weighted by Gasteiger charge is 2.16. The summed E-state index contributed by atoms with van der Waals surface area (Å²) in [5.74, 6) is 0. The molecule has 0 saturated carbocycles. The van der Waals surface area contributed by atoms with Crippen molar-refractivity contribution in [3.63, 3.8) is 0 Å². The van der Waals surface area contributed by atoms with Gasteiger partial charge in [0.15, 0.2) is 0 Å². The monoisotopic (exact) mass is 356 g/mol. The summed E-state index contributed by atoms with van der Waals surface area (Å²) in [5.41, 5.74) is 4.98. The molecule has 0 amide bonds. The number of nitrogens with zero attached hydrogens (tertiary/aromatic N) is 6. The van der Waals surface area contributed by atoms with Crippen LogP contribution >= 0.6 is 0 Å². The first-order valence-corrected chi connectivity index (χ1v) is 8.80. The van der Waals surface area contributed by atoms with Crippen molar-refractivity contribution in [2.75, 3.05) is 0 Å². The van der Waals surface area contributed by atoms with Gasteiger partial charge in [0.2, 0.25) is 0 Å². The van der Waals surface area contributed by atoms with Crippen molar-refractivity contribution in [3.8, 4) is 28.5 Å². The standard InChI is InChI=1S/C21H20N6/c1-21(2,3)14-27-13-16(12-24-27)18-5-4-17(11-22)25-20(18)15-6-8-26-9-7-23-19(26)10-15/h4-10,12-13H,14H2,1-3H3. The minimum Gasteiger partial charge on any atom is -0.307 e. The van der Waals surface area contributed by atoms with E-state index >= 15 is 0 Å². The highest BCUT2D eigenvalue weighted by atomic mass is 15.3. The van der Waals surface area contributed by atoms with Crippen molar-refractivity contribution in [1.82, 2.24) is 24.1 Å². The summed E-state index contributed by atoms with van der Waals surface area (Å²) in [6, 6.07) is 9.78. The van der Waals surface area contributed by atoms with E-state index in [2.05, 4.69) is 41.9 Å². The number of hydrogen-bond acceptors (Lipinski definition) is 4. The summed E-state index contributed by atoms with van der Waals surface area (Å²) >= 11 is 0. The molecule has 4 aromatic heterocycles. The summed E-state index contributed by atoms with van der Waals surface area (Å²) in [4.78, 5) is 8.93. The van der Waals surface area contributed by atoms with Crippen molar-refractivity contribution < 1.29 is 0 Å². The Morgan fingerprint density at radius 3 is 2.74 bits per heavy atom. The molecule has 6 heteroatoms. The van der Waals surface area contributed by atoms with E-state index in [-0.39, 0.29) is 5.41 Å². The van der Waals surface area contributed by atoms with Gasteiger partial charge < -0.3 is 4.40 Å². The van der Waals surface area contributed by atoms with Crippen molar-refractivity contribution in [1.29, 1.82) is 5.26 Å². The quantitative estimate of drug-likeness (QED) is 0.552. The van der Waals surface area contributed by atoms with Gasteiger partial charge in [-0.25, -0.2) is 9.97 Å². The van der Waals surface area contributed by atoms with Crippen LogP contribution < -0.4 is 0 Å². The fraction of sp³-hybridized carbons (Fsp3) is 0.238. The highest BCUT2D eigenvalue weighted by Crippen LogP contribution is 2.31. The molecule has 4 aromatic rings. The maximum atomic E-state index is 9.30. The fourth-order valence-electron chi connectivity index (χ4n) is 3.11.